The molecule has 126 valence electrons. The lowest BCUT2D eigenvalue weighted by atomic mass is 10.1. The molecule has 7 heteroatoms. The molecule has 1 aromatic rings. The maximum Gasteiger partial charge on any atom is 0.191 e. The van der Waals surface area contributed by atoms with Gasteiger partial charge in [0, 0.05) is 31.8 Å². The van der Waals surface area contributed by atoms with Crippen molar-refractivity contribution in [3.63, 3.8) is 0 Å². The zero-order valence-corrected chi connectivity index (χ0v) is 15.5. The molecule has 1 aromatic carbocycles. The van der Waals surface area contributed by atoms with Gasteiger partial charge in [0.05, 0.1) is 6.61 Å². The van der Waals surface area contributed by atoms with Crippen molar-refractivity contribution < 1.29 is 13.5 Å². The summed E-state index contributed by atoms with van der Waals surface area (Å²) in [6.07, 6.45) is 0.216. The third-order valence-corrected chi connectivity index (χ3v) is 2.84. The van der Waals surface area contributed by atoms with Gasteiger partial charge in [0.2, 0.25) is 0 Å². The van der Waals surface area contributed by atoms with E-state index in [0.29, 0.717) is 25.7 Å². The monoisotopic (exact) mass is 427 g/mol. The summed E-state index contributed by atoms with van der Waals surface area (Å²) >= 11 is 0. The van der Waals surface area contributed by atoms with Crippen molar-refractivity contribution in [1.82, 2.24) is 10.6 Å². The van der Waals surface area contributed by atoms with E-state index in [9.17, 15) is 8.78 Å². The van der Waals surface area contributed by atoms with E-state index in [2.05, 4.69) is 15.6 Å². The average molecular weight is 427 g/mol. The van der Waals surface area contributed by atoms with E-state index in [1.54, 1.807) is 7.11 Å². The Kier molecular flexibility index (Phi) is 11.1. The number of ether oxygens (including phenoxy) is 1. The molecule has 0 aliphatic carbocycles. The average Bonchev–Trinajstić information content (AvgIpc) is 2.42. The fourth-order valence-electron chi connectivity index (χ4n) is 1.90. The lowest BCUT2D eigenvalue weighted by Crippen LogP contribution is -2.44. The van der Waals surface area contributed by atoms with Gasteiger partial charge in [0.25, 0.3) is 0 Å². The van der Waals surface area contributed by atoms with Crippen LogP contribution in [-0.4, -0.2) is 38.8 Å². The molecule has 1 rings (SSSR count). The van der Waals surface area contributed by atoms with Crippen molar-refractivity contribution in [3.8, 4) is 0 Å². The first-order valence-electron chi connectivity index (χ1n) is 7.05. The van der Waals surface area contributed by atoms with E-state index in [0.717, 1.165) is 0 Å². The standard InChI is InChI=1S/C15H23F2N3O.HI/c1-4-18-15(20-11(2)10-21-3)19-9-8-12-13(16)6-5-7-14(12)17;/h5-7,11H,4,8-10H2,1-3H3,(H2,18,19,20);1H. The van der Waals surface area contributed by atoms with E-state index < -0.39 is 11.6 Å². The first kappa shape index (κ1) is 21.0. The van der Waals surface area contributed by atoms with E-state index in [1.807, 2.05) is 13.8 Å². The maximum atomic E-state index is 13.5. The van der Waals surface area contributed by atoms with Crippen LogP contribution in [0.3, 0.4) is 0 Å². The van der Waals surface area contributed by atoms with Crippen LogP contribution < -0.4 is 10.6 Å². The van der Waals surface area contributed by atoms with Gasteiger partial charge < -0.3 is 15.4 Å². The molecule has 0 saturated heterocycles. The summed E-state index contributed by atoms with van der Waals surface area (Å²) in [4.78, 5) is 4.32. The molecule has 22 heavy (non-hydrogen) atoms. The Labute approximate surface area is 147 Å². The molecule has 0 aliphatic heterocycles. The molecule has 0 heterocycles. The van der Waals surface area contributed by atoms with Crippen LogP contribution in [0, 0.1) is 11.6 Å². The predicted octanol–water partition coefficient (Wildman–Crippen LogP) is 2.72. The molecule has 2 N–H and O–H groups in total. The van der Waals surface area contributed by atoms with E-state index in [4.69, 9.17) is 4.74 Å². The molecule has 0 radical (unpaired) electrons. The van der Waals surface area contributed by atoms with Crippen LogP contribution in [0.1, 0.15) is 19.4 Å². The lowest BCUT2D eigenvalue weighted by molar-refractivity contribution is 0.179. The molecule has 0 spiro atoms. The Morgan fingerprint density at radius 1 is 1.32 bits per heavy atom. The van der Waals surface area contributed by atoms with Crippen LogP contribution in [0.2, 0.25) is 0 Å². The van der Waals surface area contributed by atoms with Gasteiger partial charge >= 0.3 is 0 Å². The van der Waals surface area contributed by atoms with Crippen LogP contribution in [0.4, 0.5) is 8.78 Å². The quantitative estimate of drug-likeness (QED) is 0.400. The third-order valence-electron chi connectivity index (χ3n) is 2.84. The van der Waals surface area contributed by atoms with E-state index in [-0.39, 0.29) is 42.0 Å². The van der Waals surface area contributed by atoms with Gasteiger partial charge in [0.15, 0.2) is 5.96 Å². The minimum atomic E-state index is -0.532. The zero-order valence-electron chi connectivity index (χ0n) is 13.2. The van der Waals surface area contributed by atoms with Crippen molar-refractivity contribution in [3.05, 3.63) is 35.4 Å². The summed E-state index contributed by atoms with van der Waals surface area (Å²) in [5, 5.41) is 6.24. The largest absolute Gasteiger partial charge is 0.383 e. The summed E-state index contributed by atoms with van der Waals surface area (Å²) in [7, 11) is 1.63. The van der Waals surface area contributed by atoms with Gasteiger partial charge in [-0.2, -0.15) is 0 Å². The van der Waals surface area contributed by atoms with Crippen LogP contribution in [0.5, 0.6) is 0 Å². The molecule has 0 aromatic heterocycles. The minimum absolute atomic E-state index is 0. The first-order valence-corrected chi connectivity index (χ1v) is 7.05. The summed E-state index contributed by atoms with van der Waals surface area (Å²) < 4.78 is 32.0. The molecule has 0 saturated carbocycles. The number of hydrogen-bond donors (Lipinski definition) is 2. The molecule has 0 bridgehead atoms. The van der Waals surface area contributed by atoms with Gasteiger partial charge in [-0.3, -0.25) is 4.99 Å². The van der Waals surface area contributed by atoms with Gasteiger partial charge in [0.1, 0.15) is 11.6 Å². The van der Waals surface area contributed by atoms with Crippen LogP contribution in [0.25, 0.3) is 0 Å². The van der Waals surface area contributed by atoms with Gasteiger partial charge in [-0.25, -0.2) is 8.78 Å². The maximum absolute atomic E-state index is 13.5. The summed E-state index contributed by atoms with van der Waals surface area (Å²) in [6, 6.07) is 3.96. The predicted molar refractivity (Wildman–Crippen MR) is 95.9 cm³/mol. The molecule has 0 amide bonds. The zero-order chi connectivity index (χ0) is 15.7. The second-order valence-electron chi connectivity index (χ2n) is 4.71. The highest BCUT2D eigenvalue weighted by molar-refractivity contribution is 14.0. The lowest BCUT2D eigenvalue weighted by Gasteiger charge is -2.17. The number of benzene rings is 1. The van der Waals surface area contributed by atoms with Crippen molar-refractivity contribution in [2.45, 2.75) is 26.3 Å². The van der Waals surface area contributed by atoms with Crippen LogP contribution in [-0.2, 0) is 11.2 Å². The first-order chi connectivity index (χ1) is 10.1. The number of methoxy groups -OCH3 is 1. The number of hydrogen-bond acceptors (Lipinski definition) is 2. The Hall–Kier alpha value is -0.960. The van der Waals surface area contributed by atoms with E-state index in [1.165, 1.54) is 18.2 Å². The van der Waals surface area contributed by atoms with Crippen LogP contribution in [0.15, 0.2) is 23.2 Å². The number of guanidine groups is 1. The summed E-state index contributed by atoms with van der Waals surface area (Å²) in [5.41, 5.74) is 0.0713. The normalized spacial score (nSPS) is 12.5. The molecule has 4 nitrogen and oxygen atoms in total. The topological polar surface area (TPSA) is 45.7 Å². The minimum Gasteiger partial charge on any atom is -0.383 e. The number of nitrogens with one attached hydrogen (secondary N) is 2. The fraction of sp³-hybridized carbons (Fsp3) is 0.533. The highest BCUT2D eigenvalue weighted by Crippen LogP contribution is 2.12. The number of halogens is 3. The van der Waals surface area contributed by atoms with E-state index >= 15 is 0 Å². The molecule has 1 unspecified atom stereocenters. The number of aliphatic imine (C=N–C) groups is 1. The number of rotatable bonds is 7. The second-order valence-corrected chi connectivity index (χ2v) is 4.71. The van der Waals surface area contributed by atoms with Crippen molar-refractivity contribution >= 4 is 29.9 Å². The Bertz CT molecular complexity index is 452. The smallest absolute Gasteiger partial charge is 0.191 e. The second kappa shape index (κ2) is 11.6. The molecular weight excluding hydrogens is 403 g/mol. The molecule has 0 fully saturated rings. The molecule has 1 atom stereocenters. The highest BCUT2D eigenvalue weighted by Gasteiger charge is 2.08. The van der Waals surface area contributed by atoms with Gasteiger partial charge in [-0.15, -0.1) is 24.0 Å². The molecule has 0 aliphatic rings. The summed E-state index contributed by atoms with van der Waals surface area (Å²) in [5.74, 6) is -0.453. The SMILES string of the molecule is CCNC(=NCCc1c(F)cccc1F)NC(C)COC.I. The summed E-state index contributed by atoms with van der Waals surface area (Å²) in [6.45, 7) is 5.47. The Morgan fingerprint density at radius 3 is 2.50 bits per heavy atom. The van der Waals surface area contributed by atoms with Crippen molar-refractivity contribution in [2.75, 3.05) is 26.8 Å². The number of nitrogens with zero attached hydrogens (tertiary/aromatic N) is 1. The third kappa shape index (κ3) is 7.35. The van der Waals surface area contributed by atoms with Crippen molar-refractivity contribution in [1.29, 1.82) is 0 Å². The Morgan fingerprint density at radius 2 is 1.95 bits per heavy atom. The van der Waals surface area contributed by atoms with Crippen LogP contribution >= 0.6 is 24.0 Å². The Balaban J connectivity index is 0.00000441. The van der Waals surface area contributed by atoms with Gasteiger partial charge in [-0.05, 0) is 32.4 Å². The highest BCUT2D eigenvalue weighted by atomic mass is 127. The van der Waals surface area contributed by atoms with Crippen molar-refractivity contribution in [2.24, 2.45) is 4.99 Å². The fourth-order valence-corrected chi connectivity index (χ4v) is 1.90. The van der Waals surface area contributed by atoms with Gasteiger partial charge in [-0.1, -0.05) is 6.07 Å². The molecular formula is C15H24F2IN3O.